The van der Waals surface area contributed by atoms with E-state index in [4.69, 9.17) is 4.74 Å². The number of nitrogens with zero attached hydrogens (tertiary/aromatic N) is 1. The molecule has 0 atom stereocenters. The average molecular weight is 239 g/mol. The Morgan fingerprint density at radius 3 is 2.76 bits per heavy atom. The third-order valence-corrected chi connectivity index (χ3v) is 3.55. The number of fused-ring (bicyclic) bond motifs is 1. The van der Waals surface area contributed by atoms with Crippen LogP contribution in [0, 0.1) is 11.6 Å². The van der Waals surface area contributed by atoms with Gasteiger partial charge in [-0.3, -0.25) is 0 Å². The lowest BCUT2D eigenvalue weighted by molar-refractivity contribution is 0.369. The first-order valence-electron chi connectivity index (χ1n) is 6.04. The van der Waals surface area contributed by atoms with E-state index in [9.17, 15) is 8.78 Å². The molecule has 17 heavy (non-hydrogen) atoms. The van der Waals surface area contributed by atoms with Crippen molar-refractivity contribution in [1.29, 1.82) is 0 Å². The number of benzene rings is 1. The number of ether oxygens (including phenoxy) is 1. The lowest BCUT2D eigenvalue weighted by Crippen LogP contribution is -2.32. The quantitative estimate of drug-likeness (QED) is 0.786. The van der Waals surface area contributed by atoms with Gasteiger partial charge in [-0.15, -0.1) is 0 Å². The molecule has 1 aliphatic carbocycles. The van der Waals surface area contributed by atoms with Crippen molar-refractivity contribution in [3.05, 3.63) is 23.3 Å². The molecule has 1 heterocycles. The maximum absolute atomic E-state index is 13.7. The van der Waals surface area contributed by atoms with E-state index in [0.29, 0.717) is 6.04 Å². The number of hydrogen-bond acceptors (Lipinski definition) is 2. The largest absolute Gasteiger partial charge is 0.491 e. The minimum Gasteiger partial charge on any atom is -0.491 e. The Balaban J connectivity index is 2.15. The van der Waals surface area contributed by atoms with E-state index < -0.39 is 11.6 Å². The zero-order valence-corrected chi connectivity index (χ0v) is 9.80. The number of aryl methyl sites for hydroxylation is 1. The molecule has 1 aromatic rings. The summed E-state index contributed by atoms with van der Waals surface area (Å²) in [4.78, 5) is 2.18. The Hall–Kier alpha value is -1.32. The molecule has 0 radical (unpaired) electrons. The van der Waals surface area contributed by atoms with E-state index in [2.05, 4.69) is 4.90 Å². The molecule has 2 nitrogen and oxygen atoms in total. The molecule has 0 bridgehead atoms. The summed E-state index contributed by atoms with van der Waals surface area (Å²) in [5, 5.41) is 0. The first-order chi connectivity index (χ1) is 8.22. The third kappa shape index (κ3) is 1.66. The van der Waals surface area contributed by atoms with Crippen molar-refractivity contribution in [3.63, 3.8) is 0 Å². The summed E-state index contributed by atoms with van der Waals surface area (Å²) in [5.74, 6) is -1.59. The molecular formula is C13H15F2NO. The van der Waals surface area contributed by atoms with Crippen molar-refractivity contribution in [2.75, 3.05) is 18.6 Å². The Morgan fingerprint density at radius 2 is 2.12 bits per heavy atom. The van der Waals surface area contributed by atoms with Crippen molar-refractivity contribution < 1.29 is 13.5 Å². The topological polar surface area (TPSA) is 12.5 Å². The number of methoxy groups -OCH3 is 1. The Morgan fingerprint density at radius 1 is 1.35 bits per heavy atom. The molecule has 4 heteroatoms. The van der Waals surface area contributed by atoms with E-state index in [1.165, 1.54) is 13.2 Å². The fraction of sp³-hybridized carbons (Fsp3) is 0.538. The van der Waals surface area contributed by atoms with Gasteiger partial charge in [-0.2, -0.15) is 4.39 Å². The molecule has 2 aliphatic rings. The second-order valence-electron chi connectivity index (χ2n) is 4.74. The van der Waals surface area contributed by atoms with Crippen molar-refractivity contribution in [3.8, 4) is 5.75 Å². The summed E-state index contributed by atoms with van der Waals surface area (Å²) in [5.41, 5.74) is 1.65. The second kappa shape index (κ2) is 3.86. The molecule has 3 rings (SSSR count). The SMILES string of the molecule is COc1c(F)c(F)cc2c1N(C1CC1)CCC2. The van der Waals surface area contributed by atoms with Crippen molar-refractivity contribution in [1.82, 2.24) is 0 Å². The molecule has 0 aromatic heterocycles. The van der Waals surface area contributed by atoms with Gasteiger partial charge in [0, 0.05) is 12.6 Å². The summed E-state index contributed by atoms with van der Waals surface area (Å²) >= 11 is 0. The van der Waals surface area contributed by atoms with Crippen LogP contribution in [-0.4, -0.2) is 19.7 Å². The van der Waals surface area contributed by atoms with E-state index in [1.54, 1.807) is 0 Å². The minimum absolute atomic E-state index is 0.0756. The molecule has 0 spiro atoms. The van der Waals surface area contributed by atoms with Gasteiger partial charge < -0.3 is 9.64 Å². The van der Waals surface area contributed by atoms with Gasteiger partial charge in [-0.1, -0.05) is 0 Å². The van der Waals surface area contributed by atoms with E-state index >= 15 is 0 Å². The van der Waals surface area contributed by atoms with Crippen LogP contribution in [0.25, 0.3) is 0 Å². The fourth-order valence-corrected chi connectivity index (χ4v) is 2.64. The van der Waals surface area contributed by atoms with Crippen LogP contribution < -0.4 is 9.64 Å². The summed E-state index contributed by atoms with van der Waals surface area (Å²) in [6.07, 6.45) is 4.08. The predicted octanol–water partition coefficient (Wildman–Crippen LogP) is 2.89. The zero-order chi connectivity index (χ0) is 12.0. The Kier molecular flexibility index (Phi) is 2.45. The van der Waals surface area contributed by atoms with Gasteiger partial charge in [-0.05, 0) is 37.3 Å². The monoisotopic (exact) mass is 239 g/mol. The fourth-order valence-electron chi connectivity index (χ4n) is 2.64. The number of anilines is 1. The molecule has 92 valence electrons. The standard InChI is InChI=1S/C13H15F2NO/c1-17-13-11(15)10(14)7-8-3-2-6-16(12(8)13)9-4-5-9/h7,9H,2-6H2,1H3. The van der Waals surface area contributed by atoms with Gasteiger partial charge in [0.05, 0.1) is 12.8 Å². The second-order valence-corrected chi connectivity index (χ2v) is 4.74. The smallest absolute Gasteiger partial charge is 0.202 e. The lowest BCUT2D eigenvalue weighted by Gasteiger charge is -2.33. The number of rotatable bonds is 2. The van der Waals surface area contributed by atoms with Gasteiger partial charge in [0.25, 0.3) is 0 Å². The number of halogens is 2. The minimum atomic E-state index is -0.862. The average Bonchev–Trinajstić information content (AvgIpc) is 3.14. The van der Waals surface area contributed by atoms with Gasteiger partial charge in [0.1, 0.15) is 0 Å². The molecule has 0 amide bonds. The van der Waals surface area contributed by atoms with Crippen molar-refractivity contribution in [2.24, 2.45) is 0 Å². The molecule has 0 unspecified atom stereocenters. The first-order valence-corrected chi connectivity index (χ1v) is 6.04. The molecule has 1 aliphatic heterocycles. The van der Waals surface area contributed by atoms with Crippen LogP contribution >= 0.6 is 0 Å². The first kappa shape index (κ1) is 10.8. The highest BCUT2D eigenvalue weighted by Gasteiger charge is 2.35. The summed E-state index contributed by atoms with van der Waals surface area (Å²) < 4.78 is 32.2. The van der Waals surface area contributed by atoms with Crippen LogP contribution in [0.1, 0.15) is 24.8 Å². The van der Waals surface area contributed by atoms with Gasteiger partial charge in [0.2, 0.25) is 5.82 Å². The normalized spacial score (nSPS) is 19.1. The van der Waals surface area contributed by atoms with Crippen molar-refractivity contribution in [2.45, 2.75) is 31.7 Å². The zero-order valence-electron chi connectivity index (χ0n) is 9.80. The molecule has 0 saturated heterocycles. The highest BCUT2D eigenvalue weighted by molar-refractivity contribution is 5.67. The van der Waals surface area contributed by atoms with E-state index in [-0.39, 0.29) is 5.75 Å². The van der Waals surface area contributed by atoms with E-state index in [0.717, 1.165) is 43.5 Å². The number of hydrogen-bond donors (Lipinski definition) is 0. The van der Waals surface area contributed by atoms with Crippen LogP contribution in [0.4, 0.5) is 14.5 Å². The molecule has 1 aromatic carbocycles. The molecule has 1 saturated carbocycles. The van der Waals surface area contributed by atoms with Crippen LogP contribution in [0.3, 0.4) is 0 Å². The Labute approximate surface area is 99.2 Å². The summed E-state index contributed by atoms with van der Waals surface area (Å²) in [6.45, 7) is 0.916. The predicted molar refractivity (Wildman–Crippen MR) is 61.6 cm³/mol. The van der Waals surface area contributed by atoms with E-state index in [1.807, 2.05) is 0 Å². The summed E-state index contributed by atoms with van der Waals surface area (Å²) in [7, 11) is 1.40. The van der Waals surface area contributed by atoms with Crippen LogP contribution in [0.2, 0.25) is 0 Å². The maximum Gasteiger partial charge on any atom is 0.202 e. The van der Waals surface area contributed by atoms with Crippen LogP contribution in [0.5, 0.6) is 5.75 Å². The molecule has 1 fully saturated rings. The van der Waals surface area contributed by atoms with Crippen LogP contribution in [-0.2, 0) is 6.42 Å². The maximum atomic E-state index is 13.7. The van der Waals surface area contributed by atoms with Crippen molar-refractivity contribution >= 4 is 5.69 Å². The highest BCUT2D eigenvalue weighted by Crippen LogP contribution is 2.44. The molecule has 0 N–H and O–H groups in total. The Bertz CT molecular complexity index is 457. The van der Waals surface area contributed by atoms with Gasteiger partial charge in [-0.25, -0.2) is 4.39 Å². The van der Waals surface area contributed by atoms with Gasteiger partial charge >= 0.3 is 0 Å². The third-order valence-electron chi connectivity index (χ3n) is 3.55. The van der Waals surface area contributed by atoms with Crippen LogP contribution in [0.15, 0.2) is 6.07 Å². The van der Waals surface area contributed by atoms with Gasteiger partial charge in [0.15, 0.2) is 11.6 Å². The highest BCUT2D eigenvalue weighted by atomic mass is 19.2. The lowest BCUT2D eigenvalue weighted by atomic mass is 10.00. The molecular weight excluding hydrogens is 224 g/mol. The summed E-state index contributed by atoms with van der Waals surface area (Å²) in [6, 6.07) is 1.81.